The minimum absolute atomic E-state index is 0.0723. The van der Waals surface area contributed by atoms with Gasteiger partial charge in [-0.1, -0.05) is 6.08 Å². The topological polar surface area (TPSA) is 104 Å². The Morgan fingerprint density at radius 1 is 1.80 bits per heavy atom. The van der Waals surface area contributed by atoms with Gasteiger partial charge in [-0.15, -0.1) is 0 Å². The van der Waals surface area contributed by atoms with Gasteiger partial charge in [0.05, 0.1) is 0 Å². The van der Waals surface area contributed by atoms with Crippen LogP contribution in [0.15, 0.2) is 23.8 Å². The Hall–Kier alpha value is -1.81. The lowest BCUT2D eigenvalue weighted by Crippen LogP contribution is -2.32. The van der Waals surface area contributed by atoms with E-state index >= 15 is 0 Å². The molecule has 1 rings (SSSR count). The van der Waals surface area contributed by atoms with Crippen molar-refractivity contribution in [1.29, 1.82) is 5.26 Å². The SMILES string of the molecule is N#CSC1([N+](=O)[O-])C=CCC(C(=O)O)=C1. The third-order valence-corrected chi connectivity index (χ3v) is 2.67. The van der Waals surface area contributed by atoms with Crippen molar-refractivity contribution in [2.45, 2.75) is 11.3 Å². The molecule has 0 heterocycles. The molecule has 0 radical (unpaired) electrons. The van der Waals surface area contributed by atoms with Crippen LogP contribution in [-0.2, 0) is 4.79 Å². The lowest BCUT2D eigenvalue weighted by Gasteiger charge is -2.17. The van der Waals surface area contributed by atoms with Gasteiger partial charge in [0.1, 0.15) is 5.40 Å². The Balaban J connectivity index is 3.14. The molecule has 1 aliphatic rings. The molecule has 1 atom stereocenters. The second-order valence-electron chi connectivity index (χ2n) is 2.78. The number of hydrogen-bond acceptors (Lipinski definition) is 5. The van der Waals surface area contributed by atoms with Crippen LogP contribution in [0.4, 0.5) is 0 Å². The predicted molar refractivity (Wildman–Crippen MR) is 52.4 cm³/mol. The molecule has 1 aliphatic carbocycles. The minimum atomic E-state index is -1.76. The van der Waals surface area contributed by atoms with Crippen molar-refractivity contribution in [1.82, 2.24) is 0 Å². The molecule has 0 amide bonds. The highest BCUT2D eigenvalue weighted by atomic mass is 32.2. The number of aliphatic carboxylic acids is 1. The van der Waals surface area contributed by atoms with Crippen molar-refractivity contribution in [3.8, 4) is 5.40 Å². The Labute approximate surface area is 89.0 Å². The first-order valence-corrected chi connectivity index (χ1v) is 4.68. The van der Waals surface area contributed by atoms with E-state index in [4.69, 9.17) is 10.4 Å². The molecule has 15 heavy (non-hydrogen) atoms. The van der Waals surface area contributed by atoms with E-state index in [0.717, 1.165) is 6.08 Å². The Morgan fingerprint density at radius 3 is 2.93 bits per heavy atom. The van der Waals surface area contributed by atoms with E-state index in [-0.39, 0.29) is 12.0 Å². The summed E-state index contributed by atoms with van der Waals surface area (Å²) in [6.07, 6.45) is 3.75. The highest BCUT2D eigenvalue weighted by molar-refractivity contribution is 8.05. The van der Waals surface area contributed by atoms with Crippen molar-refractivity contribution in [3.63, 3.8) is 0 Å². The van der Waals surface area contributed by atoms with Crippen molar-refractivity contribution >= 4 is 17.7 Å². The number of nitro groups is 1. The van der Waals surface area contributed by atoms with Crippen LogP contribution in [0.25, 0.3) is 0 Å². The van der Waals surface area contributed by atoms with Gasteiger partial charge < -0.3 is 5.11 Å². The molecule has 78 valence electrons. The zero-order valence-corrected chi connectivity index (χ0v) is 8.23. The number of thiocyanates is 1. The smallest absolute Gasteiger partial charge is 0.331 e. The summed E-state index contributed by atoms with van der Waals surface area (Å²) in [5, 5.41) is 29.5. The molecule has 0 aliphatic heterocycles. The summed E-state index contributed by atoms with van der Waals surface area (Å²) < 4.78 is 0. The average Bonchev–Trinajstić information content (AvgIpc) is 2.18. The molecule has 0 aromatic carbocycles. The Morgan fingerprint density at radius 2 is 2.47 bits per heavy atom. The van der Waals surface area contributed by atoms with E-state index in [1.807, 2.05) is 0 Å². The minimum Gasteiger partial charge on any atom is -0.478 e. The summed E-state index contributed by atoms with van der Waals surface area (Å²) in [6, 6.07) is 0. The van der Waals surface area contributed by atoms with Crippen LogP contribution in [0.5, 0.6) is 0 Å². The van der Waals surface area contributed by atoms with E-state index in [2.05, 4.69) is 0 Å². The summed E-state index contributed by atoms with van der Waals surface area (Å²) in [5.74, 6) is -1.20. The monoisotopic (exact) mass is 226 g/mol. The maximum atomic E-state index is 10.8. The molecule has 0 aromatic heterocycles. The lowest BCUT2D eigenvalue weighted by atomic mass is 10.0. The highest BCUT2D eigenvalue weighted by Gasteiger charge is 2.42. The van der Waals surface area contributed by atoms with Gasteiger partial charge in [-0.25, -0.2) is 4.79 Å². The Bertz CT molecular complexity index is 409. The number of allylic oxidation sites excluding steroid dienone is 1. The quantitative estimate of drug-likeness (QED) is 0.254. The summed E-state index contributed by atoms with van der Waals surface area (Å²) in [7, 11) is 0. The maximum Gasteiger partial charge on any atom is 0.331 e. The van der Waals surface area contributed by atoms with Crippen molar-refractivity contribution < 1.29 is 14.8 Å². The maximum absolute atomic E-state index is 10.8. The second kappa shape index (κ2) is 4.14. The second-order valence-corrected chi connectivity index (χ2v) is 3.82. The molecular weight excluding hydrogens is 220 g/mol. The van der Waals surface area contributed by atoms with Crippen LogP contribution in [-0.4, -0.2) is 20.9 Å². The number of thioether (sulfide) groups is 1. The summed E-state index contributed by atoms with van der Waals surface area (Å²) in [6.45, 7) is 0. The number of carboxylic acid groups (broad SMARTS) is 1. The van der Waals surface area contributed by atoms with Crippen LogP contribution in [0, 0.1) is 20.8 Å². The molecule has 1 N–H and O–H groups in total. The first kappa shape index (κ1) is 11.3. The highest BCUT2D eigenvalue weighted by Crippen LogP contribution is 2.33. The zero-order chi connectivity index (χ0) is 11.5. The standard InChI is InChI=1S/C8H6N2O4S/c9-5-15-8(10(13)14)3-1-2-6(4-8)7(11)12/h1,3-4H,2H2,(H,11,12). The van der Waals surface area contributed by atoms with E-state index < -0.39 is 15.8 Å². The van der Waals surface area contributed by atoms with Gasteiger partial charge in [-0.2, -0.15) is 5.26 Å². The van der Waals surface area contributed by atoms with Crippen LogP contribution in [0.3, 0.4) is 0 Å². The third kappa shape index (κ3) is 2.16. The number of nitriles is 1. The van der Waals surface area contributed by atoms with Crippen molar-refractivity contribution in [3.05, 3.63) is 33.9 Å². The molecular formula is C8H6N2O4S. The van der Waals surface area contributed by atoms with Gasteiger partial charge in [0.2, 0.25) is 0 Å². The van der Waals surface area contributed by atoms with Gasteiger partial charge in [-0.3, -0.25) is 10.1 Å². The van der Waals surface area contributed by atoms with Crippen molar-refractivity contribution in [2.75, 3.05) is 0 Å². The first-order chi connectivity index (χ1) is 7.02. The fourth-order valence-electron chi connectivity index (χ4n) is 1.15. The molecule has 0 aromatic rings. The molecule has 1 unspecified atom stereocenters. The molecule has 0 fully saturated rings. The van der Waals surface area contributed by atoms with Gasteiger partial charge in [0.25, 0.3) is 0 Å². The summed E-state index contributed by atoms with van der Waals surface area (Å²) >= 11 is 0.409. The molecule has 7 heteroatoms. The fourth-order valence-corrected chi connectivity index (χ4v) is 1.73. The fraction of sp³-hybridized carbons (Fsp3) is 0.250. The lowest BCUT2D eigenvalue weighted by molar-refractivity contribution is -0.511. The van der Waals surface area contributed by atoms with Crippen LogP contribution in [0.1, 0.15) is 6.42 Å². The van der Waals surface area contributed by atoms with Gasteiger partial charge in [-0.05, 0) is 6.42 Å². The predicted octanol–water partition coefficient (Wildman–Crippen LogP) is 1.14. The van der Waals surface area contributed by atoms with Crippen LogP contribution < -0.4 is 0 Å². The van der Waals surface area contributed by atoms with E-state index in [1.54, 1.807) is 5.40 Å². The molecule has 0 saturated heterocycles. The largest absolute Gasteiger partial charge is 0.478 e. The number of carbonyl (C=O) groups is 1. The van der Waals surface area contributed by atoms with Gasteiger partial charge in [0.15, 0.2) is 0 Å². The Kier molecular flexibility index (Phi) is 3.11. The van der Waals surface area contributed by atoms with Crippen LogP contribution in [0.2, 0.25) is 0 Å². The van der Waals surface area contributed by atoms with Crippen molar-refractivity contribution in [2.24, 2.45) is 0 Å². The first-order valence-electron chi connectivity index (χ1n) is 3.86. The van der Waals surface area contributed by atoms with E-state index in [1.165, 1.54) is 12.2 Å². The van der Waals surface area contributed by atoms with Crippen LogP contribution >= 0.6 is 11.8 Å². The molecule has 0 bridgehead atoms. The van der Waals surface area contributed by atoms with Gasteiger partial charge in [0, 0.05) is 34.4 Å². The molecule has 0 saturated carbocycles. The summed E-state index contributed by atoms with van der Waals surface area (Å²) in [5.41, 5.74) is -0.0723. The number of nitrogens with zero attached hydrogens (tertiary/aromatic N) is 2. The number of rotatable bonds is 3. The third-order valence-electron chi connectivity index (χ3n) is 1.84. The zero-order valence-electron chi connectivity index (χ0n) is 7.41. The molecule has 0 spiro atoms. The van der Waals surface area contributed by atoms with E-state index in [9.17, 15) is 14.9 Å². The summed E-state index contributed by atoms with van der Waals surface area (Å²) in [4.78, 5) is 19.0. The molecule has 6 nitrogen and oxygen atoms in total. The number of hydrogen-bond donors (Lipinski definition) is 1. The number of carboxylic acids is 1. The average molecular weight is 226 g/mol. The van der Waals surface area contributed by atoms with Gasteiger partial charge >= 0.3 is 10.8 Å². The van der Waals surface area contributed by atoms with E-state index in [0.29, 0.717) is 11.8 Å². The normalized spacial score (nSPS) is 24.1.